The Morgan fingerprint density at radius 3 is 2.52 bits per heavy atom. The van der Waals surface area contributed by atoms with Crippen LogP contribution in [0.1, 0.15) is 41.4 Å². The number of pyridine rings is 1. The molecule has 0 aliphatic carbocycles. The fraction of sp³-hybridized carbons (Fsp3) is 0.185. The van der Waals surface area contributed by atoms with E-state index >= 15 is 0 Å². The zero-order valence-electron chi connectivity index (χ0n) is 21.7. The zero-order valence-corrected chi connectivity index (χ0v) is 22.5. The number of carboxylic acids is 1. The van der Waals surface area contributed by atoms with E-state index in [-0.39, 0.29) is 28.3 Å². The van der Waals surface area contributed by atoms with Crippen LogP contribution in [0, 0.1) is 17.1 Å². The number of hydrogen-bond donors (Lipinski definition) is 3. The number of nitrogens with zero attached hydrogens (tertiary/aromatic N) is 4. The Hall–Kier alpha value is -4.96. The number of ether oxygens (including phenoxy) is 1. The largest absolute Gasteiger partial charge is 0.484 e. The summed E-state index contributed by atoms with van der Waals surface area (Å²) >= 11 is 0. The molecule has 0 saturated heterocycles. The zero-order chi connectivity index (χ0) is 29.0. The molecule has 2 heterocycles. The van der Waals surface area contributed by atoms with Crippen LogP contribution in [0.5, 0.6) is 5.75 Å². The molecule has 0 bridgehead atoms. The Morgan fingerprint density at radius 1 is 1.20 bits per heavy atom. The van der Waals surface area contributed by atoms with Gasteiger partial charge in [-0.2, -0.15) is 10.4 Å². The molecule has 0 fully saturated rings. The molecule has 206 valence electrons. The Morgan fingerprint density at radius 2 is 1.93 bits per heavy atom. The van der Waals surface area contributed by atoms with Crippen molar-refractivity contribution in [3.05, 3.63) is 83.3 Å². The Balaban J connectivity index is 1.73. The number of halogens is 1. The second-order valence-electron chi connectivity index (χ2n) is 8.70. The summed E-state index contributed by atoms with van der Waals surface area (Å²) in [6.45, 7) is 3.24. The molecule has 2 aromatic heterocycles. The minimum atomic E-state index is -3.64. The number of aromatic carboxylic acids is 1. The van der Waals surface area contributed by atoms with Crippen molar-refractivity contribution < 1.29 is 27.4 Å². The lowest BCUT2D eigenvalue weighted by Crippen LogP contribution is -2.16. The van der Waals surface area contributed by atoms with Gasteiger partial charge in [0.1, 0.15) is 46.6 Å². The number of sulfonamides is 1. The molecule has 0 radical (unpaired) electrons. The Bertz CT molecular complexity index is 1700. The molecule has 1 atom stereocenters. The molecule has 13 heteroatoms. The first-order chi connectivity index (χ1) is 19.0. The maximum atomic E-state index is 13.4. The molecule has 3 N–H and O–H groups in total. The van der Waals surface area contributed by atoms with Gasteiger partial charge in [-0.15, -0.1) is 0 Å². The van der Waals surface area contributed by atoms with Crippen molar-refractivity contribution in [2.45, 2.75) is 20.0 Å². The van der Waals surface area contributed by atoms with Crippen LogP contribution in [0.2, 0.25) is 0 Å². The van der Waals surface area contributed by atoms with Crippen LogP contribution in [0.15, 0.2) is 60.8 Å². The van der Waals surface area contributed by atoms with Gasteiger partial charge in [-0.3, -0.25) is 9.40 Å². The smallest absolute Gasteiger partial charge is 0.337 e. The monoisotopic (exact) mass is 564 g/mol. The van der Waals surface area contributed by atoms with Gasteiger partial charge in [-0.05, 0) is 55.8 Å². The number of anilines is 3. The lowest BCUT2D eigenvalue weighted by molar-refractivity contribution is 0.0696. The van der Waals surface area contributed by atoms with E-state index < -0.39 is 27.9 Å². The van der Waals surface area contributed by atoms with E-state index in [2.05, 4.69) is 26.2 Å². The van der Waals surface area contributed by atoms with Crippen LogP contribution >= 0.6 is 0 Å². The Labute approximate surface area is 229 Å². The van der Waals surface area contributed by atoms with Gasteiger partial charge in [0.2, 0.25) is 10.0 Å². The van der Waals surface area contributed by atoms with Crippen molar-refractivity contribution >= 4 is 33.3 Å². The van der Waals surface area contributed by atoms with Gasteiger partial charge in [0.15, 0.2) is 0 Å². The predicted octanol–water partition coefficient (Wildman–Crippen LogP) is 4.84. The van der Waals surface area contributed by atoms with E-state index in [9.17, 15) is 22.9 Å². The van der Waals surface area contributed by atoms with Crippen LogP contribution < -0.4 is 14.8 Å². The van der Waals surface area contributed by atoms with Crippen LogP contribution in [0.4, 0.5) is 21.7 Å². The SMILES string of the molecule is CCS(=O)(=O)Nc1ccc(-c2nn(C)c(Nc3ccc(C(=O)O)cn3)c2C#N)cc1O[C@@H](C)c1ccc(F)cc1. The fourth-order valence-electron chi connectivity index (χ4n) is 3.77. The minimum absolute atomic E-state index is 0.0120. The van der Waals surface area contributed by atoms with E-state index in [4.69, 9.17) is 9.84 Å². The van der Waals surface area contributed by atoms with Crippen molar-refractivity contribution in [1.29, 1.82) is 5.26 Å². The fourth-order valence-corrected chi connectivity index (χ4v) is 4.42. The van der Waals surface area contributed by atoms with E-state index in [1.54, 1.807) is 38.2 Å². The van der Waals surface area contributed by atoms with Crippen LogP contribution in [-0.4, -0.2) is 40.0 Å². The molecule has 0 unspecified atom stereocenters. The summed E-state index contributed by atoms with van der Waals surface area (Å²) in [5.74, 6) is -0.872. The number of carboxylic acid groups (broad SMARTS) is 1. The van der Waals surface area contributed by atoms with Crippen molar-refractivity contribution in [2.24, 2.45) is 7.05 Å². The lowest BCUT2D eigenvalue weighted by Gasteiger charge is -2.19. The average Bonchev–Trinajstić information content (AvgIpc) is 3.24. The van der Waals surface area contributed by atoms with E-state index in [1.165, 1.54) is 48.1 Å². The third-order valence-corrected chi connectivity index (χ3v) is 7.25. The van der Waals surface area contributed by atoms with E-state index in [0.29, 0.717) is 28.5 Å². The maximum absolute atomic E-state index is 13.4. The van der Waals surface area contributed by atoms with Gasteiger partial charge in [0.05, 0.1) is 17.0 Å². The number of carbonyl (C=O) groups is 1. The summed E-state index contributed by atoms with van der Waals surface area (Å²) < 4.78 is 48.2. The van der Waals surface area contributed by atoms with Crippen LogP contribution in [-0.2, 0) is 17.1 Å². The molecule has 2 aromatic carbocycles. The highest BCUT2D eigenvalue weighted by Gasteiger charge is 2.22. The second-order valence-corrected chi connectivity index (χ2v) is 10.7. The standard InChI is InChI=1S/C27H25FN6O5S/c1-4-40(37,38)33-22-11-7-18(13-23(22)39-16(2)17-5-9-20(28)10-6-17)25-21(14-29)26(34(3)32-25)31-24-12-8-19(15-30-24)27(35)36/h5-13,15-16,33H,4H2,1-3H3,(H,30,31)(H,35,36)/t16-/m0/s1. The summed E-state index contributed by atoms with van der Waals surface area (Å²) in [6.07, 6.45) is 0.618. The minimum Gasteiger partial charge on any atom is -0.484 e. The highest BCUT2D eigenvalue weighted by Crippen LogP contribution is 2.37. The normalized spacial score (nSPS) is 11.9. The summed E-state index contributed by atoms with van der Waals surface area (Å²) in [7, 11) is -2.02. The highest BCUT2D eigenvalue weighted by atomic mass is 32.2. The summed E-state index contributed by atoms with van der Waals surface area (Å²) in [5, 5.41) is 26.6. The molecule has 11 nitrogen and oxygen atoms in total. The molecule has 0 spiro atoms. The van der Waals surface area contributed by atoms with Gasteiger partial charge in [0.25, 0.3) is 0 Å². The average molecular weight is 565 g/mol. The van der Waals surface area contributed by atoms with Gasteiger partial charge >= 0.3 is 5.97 Å². The van der Waals surface area contributed by atoms with E-state index in [1.807, 2.05) is 0 Å². The first kappa shape index (κ1) is 28.1. The summed E-state index contributed by atoms with van der Waals surface area (Å²) in [4.78, 5) is 15.2. The predicted molar refractivity (Wildman–Crippen MR) is 146 cm³/mol. The summed E-state index contributed by atoms with van der Waals surface area (Å²) in [6, 6.07) is 15.4. The number of rotatable bonds is 10. The summed E-state index contributed by atoms with van der Waals surface area (Å²) in [5.41, 5.74) is 1.80. The molecular weight excluding hydrogens is 539 g/mol. The first-order valence-corrected chi connectivity index (χ1v) is 13.7. The highest BCUT2D eigenvalue weighted by molar-refractivity contribution is 7.92. The molecule has 0 amide bonds. The number of aromatic nitrogens is 3. The second kappa shape index (κ2) is 11.4. The molecule has 0 aliphatic rings. The number of benzene rings is 2. The molecular formula is C27H25FN6O5S. The van der Waals surface area contributed by atoms with Crippen molar-refractivity contribution in [3.63, 3.8) is 0 Å². The quantitative estimate of drug-likeness (QED) is 0.245. The number of hydrogen-bond acceptors (Lipinski definition) is 8. The van der Waals surface area contributed by atoms with Crippen LogP contribution in [0.3, 0.4) is 0 Å². The molecule has 0 aliphatic heterocycles. The number of nitrogens with one attached hydrogen (secondary N) is 2. The number of nitriles is 1. The molecule has 4 aromatic rings. The van der Waals surface area contributed by atoms with E-state index in [0.717, 1.165) is 0 Å². The van der Waals surface area contributed by atoms with Crippen molar-refractivity contribution in [3.8, 4) is 23.1 Å². The topological polar surface area (TPSA) is 159 Å². The number of aryl methyl sites for hydroxylation is 1. The van der Waals surface area contributed by atoms with Crippen molar-refractivity contribution in [2.75, 3.05) is 15.8 Å². The van der Waals surface area contributed by atoms with Gasteiger partial charge in [-0.25, -0.2) is 22.6 Å². The molecule has 40 heavy (non-hydrogen) atoms. The molecule has 0 saturated carbocycles. The maximum Gasteiger partial charge on any atom is 0.337 e. The van der Waals surface area contributed by atoms with Crippen molar-refractivity contribution in [1.82, 2.24) is 14.8 Å². The van der Waals surface area contributed by atoms with Gasteiger partial charge in [-0.1, -0.05) is 18.2 Å². The van der Waals surface area contributed by atoms with Crippen LogP contribution in [0.25, 0.3) is 11.3 Å². The third-order valence-electron chi connectivity index (χ3n) is 5.96. The third kappa shape index (κ3) is 6.19. The Kier molecular flexibility index (Phi) is 8.01. The van der Waals surface area contributed by atoms with Gasteiger partial charge in [0, 0.05) is 18.8 Å². The first-order valence-electron chi connectivity index (χ1n) is 12.0. The lowest BCUT2D eigenvalue weighted by atomic mass is 10.1. The molecule has 4 rings (SSSR count). The van der Waals surface area contributed by atoms with Gasteiger partial charge < -0.3 is 15.2 Å².